The summed E-state index contributed by atoms with van der Waals surface area (Å²) in [5.74, 6) is 0.964. The number of aromatic nitrogens is 1. The Hall–Kier alpha value is -2.22. The van der Waals surface area contributed by atoms with Crippen LogP contribution in [0.1, 0.15) is 16.7 Å². The van der Waals surface area contributed by atoms with E-state index in [1.54, 1.807) is 7.11 Å². The Kier molecular flexibility index (Phi) is 2.05. The van der Waals surface area contributed by atoms with Crippen LogP contribution in [0.4, 0.5) is 0 Å². The normalized spacial score (nSPS) is 12.5. The molecule has 19 heavy (non-hydrogen) atoms. The van der Waals surface area contributed by atoms with E-state index in [2.05, 4.69) is 48.3 Å². The first-order valence-corrected chi connectivity index (χ1v) is 6.56. The molecule has 1 N–H and O–H groups in total. The molecule has 1 aliphatic rings. The number of aromatic amines is 1. The van der Waals surface area contributed by atoms with Gasteiger partial charge in [-0.25, -0.2) is 0 Å². The molecule has 0 saturated carbocycles. The molecule has 94 valence electrons. The van der Waals surface area contributed by atoms with Gasteiger partial charge in [0, 0.05) is 17.4 Å². The van der Waals surface area contributed by atoms with Crippen LogP contribution in [-0.4, -0.2) is 12.1 Å². The van der Waals surface area contributed by atoms with E-state index in [1.807, 2.05) is 0 Å². The second-order valence-electron chi connectivity index (χ2n) is 5.15. The standard InChI is InChI=1S/C17H15NO/c1-10-7-8-14(19-2)15-13-9-11-5-3-4-6-12(11)17(13)18-16(10)15/h3-8,18H,9H2,1-2H3. The fourth-order valence-electron chi connectivity index (χ4n) is 3.16. The minimum absolute atomic E-state index is 0.964. The van der Waals surface area contributed by atoms with Crippen LogP contribution in [0, 0.1) is 6.92 Å². The Bertz CT molecular complexity index is 798. The summed E-state index contributed by atoms with van der Waals surface area (Å²) in [5.41, 5.74) is 7.83. The quantitative estimate of drug-likeness (QED) is 0.540. The molecule has 0 radical (unpaired) electrons. The highest BCUT2D eigenvalue weighted by Crippen LogP contribution is 2.43. The first kappa shape index (κ1) is 10.7. The predicted octanol–water partition coefficient (Wildman–Crippen LogP) is 4.06. The fraction of sp³-hybridized carbons (Fsp3) is 0.176. The summed E-state index contributed by atoms with van der Waals surface area (Å²) in [7, 11) is 1.74. The van der Waals surface area contributed by atoms with Gasteiger partial charge in [0.1, 0.15) is 5.75 Å². The van der Waals surface area contributed by atoms with Crippen molar-refractivity contribution in [3.05, 3.63) is 53.1 Å². The van der Waals surface area contributed by atoms with Crippen LogP contribution in [0.25, 0.3) is 22.2 Å². The van der Waals surface area contributed by atoms with E-state index in [4.69, 9.17) is 4.74 Å². The average molecular weight is 249 g/mol. The van der Waals surface area contributed by atoms with Gasteiger partial charge in [0.15, 0.2) is 0 Å². The van der Waals surface area contributed by atoms with Crippen LogP contribution >= 0.6 is 0 Å². The van der Waals surface area contributed by atoms with E-state index in [0.717, 1.165) is 12.2 Å². The van der Waals surface area contributed by atoms with Crippen molar-refractivity contribution in [1.82, 2.24) is 4.98 Å². The number of nitrogens with one attached hydrogen (secondary N) is 1. The molecule has 2 heteroatoms. The lowest BCUT2D eigenvalue weighted by atomic mass is 10.1. The molecular weight excluding hydrogens is 234 g/mol. The molecule has 1 aromatic heterocycles. The minimum atomic E-state index is 0.964. The van der Waals surface area contributed by atoms with Gasteiger partial charge < -0.3 is 9.72 Å². The van der Waals surface area contributed by atoms with Gasteiger partial charge in [0.2, 0.25) is 0 Å². The van der Waals surface area contributed by atoms with Gasteiger partial charge >= 0.3 is 0 Å². The van der Waals surface area contributed by atoms with Crippen LogP contribution in [0.15, 0.2) is 36.4 Å². The first-order chi connectivity index (χ1) is 9.29. The maximum atomic E-state index is 5.54. The summed E-state index contributed by atoms with van der Waals surface area (Å²) < 4.78 is 5.54. The van der Waals surface area contributed by atoms with Crippen molar-refractivity contribution in [3.63, 3.8) is 0 Å². The van der Waals surface area contributed by atoms with E-state index >= 15 is 0 Å². The second kappa shape index (κ2) is 3.64. The number of H-pyrrole nitrogens is 1. The molecule has 1 aliphatic carbocycles. The van der Waals surface area contributed by atoms with Crippen molar-refractivity contribution < 1.29 is 4.74 Å². The number of hydrogen-bond donors (Lipinski definition) is 1. The Morgan fingerprint density at radius 1 is 1.11 bits per heavy atom. The SMILES string of the molecule is COc1ccc(C)c2[nH]c3c(c12)Cc1ccccc1-3. The summed E-state index contributed by atoms with van der Waals surface area (Å²) in [6.45, 7) is 2.14. The molecule has 4 rings (SSSR count). The van der Waals surface area contributed by atoms with Gasteiger partial charge in [-0.2, -0.15) is 0 Å². The van der Waals surface area contributed by atoms with Crippen molar-refractivity contribution in [2.24, 2.45) is 0 Å². The molecule has 0 spiro atoms. The first-order valence-electron chi connectivity index (χ1n) is 6.56. The van der Waals surface area contributed by atoms with Crippen LogP contribution in [0.5, 0.6) is 5.75 Å². The Labute approximate surface area is 112 Å². The minimum Gasteiger partial charge on any atom is -0.496 e. The predicted molar refractivity (Wildman–Crippen MR) is 77.8 cm³/mol. The third kappa shape index (κ3) is 1.31. The van der Waals surface area contributed by atoms with Crippen LogP contribution in [-0.2, 0) is 6.42 Å². The largest absolute Gasteiger partial charge is 0.496 e. The maximum absolute atomic E-state index is 5.54. The van der Waals surface area contributed by atoms with E-state index < -0.39 is 0 Å². The zero-order valence-electron chi connectivity index (χ0n) is 11.1. The number of aryl methyl sites for hydroxylation is 1. The fourth-order valence-corrected chi connectivity index (χ4v) is 3.16. The van der Waals surface area contributed by atoms with Crippen LogP contribution in [0.2, 0.25) is 0 Å². The highest BCUT2D eigenvalue weighted by molar-refractivity contribution is 5.99. The van der Waals surface area contributed by atoms with E-state index in [0.29, 0.717) is 0 Å². The Balaban J connectivity index is 2.11. The van der Waals surface area contributed by atoms with Crippen molar-refractivity contribution in [3.8, 4) is 17.0 Å². The van der Waals surface area contributed by atoms with Crippen LogP contribution in [0.3, 0.4) is 0 Å². The van der Waals surface area contributed by atoms with Crippen molar-refractivity contribution in [2.75, 3.05) is 7.11 Å². The molecule has 0 bridgehead atoms. The molecule has 0 fully saturated rings. The molecule has 2 nitrogen and oxygen atoms in total. The number of benzene rings is 2. The lowest BCUT2D eigenvalue weighted by molar-refractivity contribution is 0.419. The van der Waals surface area contributed by atoms with Crippen molar-refractivity contribution in [2.45, 2.75) is 13.3 Å². The molecular formula is C17H15NO. The topological polar surface area (TPSA) is 25.0 Å². The van der Waals surface area contributed by atoms with Gasteiger partial charge in [-0.1, -0.05) is 30.3 Å². The summed E-state index contributed by atoms with van der Waals surface area (Å²) in [5, 5.41) is 1.24. The summed E-state index contributed by atoms with van der Waals surface area (Å²) in [6.07, 6.45) is 0.991. The maximum Gasteiger partial charge on any atom is 0.128 e. The molecule has 0 unspecified atom stereocenters. The molecule has 3 aromatic rings. The highest BCUT2D eigenvalue weighted by Gasteiger charge is 2.24. The summed E-state index contributed by atoms with van der Waals surface area (Å²) in [6, 6.07) is 12.8. The van der Waals surface area contributed by atoms with Gasteiger partial charge in [0.25, 0.3) is 0 Å². The summed E-state index contributed by atoms with van der Waals surface area (Å²) >= 11 is 0. The van der Waals surface area contributed by atoms with E-state index in [9.17, 15) is 0 Å². The highest BCUT2D eigenvalue weighted by atomic mass is 16.5. The van der Waals surface area contributed by atoms with Crippen molar-refractivity contribution >= 4 is 10.9 Å². The zero-order chi connectivity index (χ0) is 13.0. The molecule has 1 heterocycles. The lowest BCUT2D eigenvalue weighted by Crippen LogP contribution is -1.88. The van der Waals surface area contributed by atoms with Gasteiger partial charge in [-0.05, 0) is 29.7 Å². The smallest absolute Gasteiger partial charge is 0.128 e. The Morgan fingerprint density at radius 2 is 1.95 bits per heavy atom. The van der Waals surface area contributed by atoms with Crippen LogP contribution < -0.4 is 4.74 Å². The molecule has 0 amide bonds. The average Bonchev–Trinajstić information content (AvgIpc) is 2.96. The van der Waals surface area contributed by atoms with Crippen molar-refractivity contribution in [1.29, 1.82) is 0 Å². The molecule has 0 saturated heterocycles. The number of ether oxygens (including phenoxy) is 1. The number of hydrogen-bond acceptors (Lipinski definition) is 1. The Morgan fingerprint density at radius 3 is 2.79 bits per heavy atom. The zero-order valence-corrected chi connectivity index (χ0v) is 11.1. The van der Waals surface area contributed by atoms with E-state index in [-0.39, 0.29) is 0 Å². The number of methoxy groups -OCH3 is 1. The van der Waals surface area contributed by atoms with Gasteiger partial charge in [-0.15, -0.1) is 0 Å². The third-order valence-electron chi connectivity index (χ3n) is 4.10. The van der Waals surface area contributed by atoms with Gasteiger partial charge in [0.05, 0.1) is 18.3 Å². The molecule has 0 aliphatic heterocycles. The monoisotopic (exact) mass is 249 g/mol. The molecule has 2 aromatic carbocycles. The summed E-state index contributed by atoms with van der Waals surface area (Å²) in [4.78, 5) is 3.60. The molecule has 0 atom stereocenters. The number of fused-ring (bicyclic) bond motifs is 5. The second-order valence-corrected chi connectivity index (χ2v) is 5.15. The third-order valence-corrected chi connectivity index (χ3v) is 4.10. The number of rotatable bonds is 1. The van der Waals surface area contributed by atoms with E-state index in [1.165, 1.54) is 38.9 Å². The van der Waals surface area contributed by atoms with Gasteiger partial charge in [-0.3, -0.25) is 0 Å². The lowest BCUT2D eigenvalue weighted by Gasteiger charge is -2.06.